The molecule has 0 atom stereocenters. The Kier molecular flexibility index (Phi) is 3.38. The molecular formula is C4H8N2O3. The summed E-state index contributed by atoms with van der Waals surface area (Å²) in [5, 5.41) is 7.96. The van der Waals surface area contributed by atoms with E-state index in [1.54, 1.807) is 6.92 Å². The number of rotatable bonds is 2. The van der Waals surface area contributed by atoms with Crippen LogP contribution in [0.2, 0.25) is 0 Å². The number of carbonyl (C=O) groups excluding carboxylic acids is 1. The predicted molar refractivity (Wildman–Crippen MR) is 29.5 cm³/mol. The minimum Gasteiger partial charge on any atom is -0.474 e. The molecule has 0 heterocycles. The zero-order chi connectivity index (χ0) is 7.28. The van der Waals surface area contributed by atoms with Gasteiger partial charge in [-0.1, -0.05) is 6.92 Å². The molecule has 0 aliphatic carbocycles. The Morgan fingerprint density at radius 3 is 2.44 bits per heavy atom. The van der Waals surface area contributed by atoms with Crippen LogP contribution >= 0.6 is 0 Å². The highest BCUT2D eigenvalue weighted by molar-refractivity contribution is 6.31. The molecule has 0 aromatic heterocycles. The number of carboxylic acids is 1. The Morgan fingerprint density at radius 2 is 2.11 bits per heavy atom. The van der Waals surface area contributed by atoms with E-state index in [0.717, 1.165) is 0 Å². The van der Waals surface area contributed by atoms with Gasteiger partial charge in [-0.15, -0.1) is 0 Å². The summed E-state index contributed by atoms with van der Waals surface area (Å²) in [5.74, 6) is -2.53. The maximum absolute atomic E-state index is 10.1. The minimum absolute atomic E-state index is 0.499. The second-order valence-corrected chi connectivity index (χ2v) is 1.29. The third-order valence-electron chi connectivity index (χ3n) is 0.573. The largest absolute Gasteiger partial charge is 0.474 e. The maximum Gasteiger partial charge on any atom is 0.395 e. The highest BCUT2D eigenvalue weighted by atomic mass is 16.4. The van der Waals surface area contributed by atoms with Crippen LogP contribution in [0.4, 0.5) is 0 Å². The molecule has 0 rings (SSSR count). The third-order valence-corrected chi connectivity index (χ3v) is 0.573. The first-order valence-corrected chi connectivity index (χ1v) is 2.44. The van der Waals surface area contributed by atoms with E-state index in [-0.39, 0.29) is 0 Å². The Balaban J connectivity index is 3.39. The van der Waals surface area contributed by atoms with Gasteiger partial charge in [0.25, 0.3) is 0 Å². The van der Waals surface area contributed by atoms with Gasteiger partial charge in [0.2, 0.25) is 0 Å². The molecule has 5 heteroatoms. The van der Waals surface area contributed by atoms with Gasteiger partial charge in [-0.3, -0.25) is 10.2 Å². The fourth-order valence-electron chi connectivity index (χ4n) is 0.222. The van der Waals surface area contributed by atoms with Gasteiger partial charge >= 0.3 is 11.9 Å². The molecule has 0 fully saturated rings. The zero-order valence-electron chi connectivity index (χ0n) is 4.97. The summed E-state index contributed by atoms with van der Waals surface area (Å²) in [6.45, 7) is 2.24. The first-order valence-electron chi connectivity index (χ1n) is 2.44. The summed E-state index contributed by atoms with van der Waals surface area (Å²) in [6.07, 6.45) is 0. The van der Waals surface area contributed by atoms with Crippen molar-refractivity contribution in [1.29, 1.82) is 0 Å². The first kappa shape index (κ1) is 7.90. The van der Waals surface area contributed by atoms with Crippen LogP contribution in [0.5, 0.6) is 0 Å². The van der Waals surface area contributed by atoms with Crippen LogP contribution in [-0.4, -0.2) is 23.5 Å². The lowest BCUT2D eigenvalue weighted by atomic mass is 10.6. The topological polar surface area (TPSA) is 78.4 Å². The number of hydrazine groups is 1. The SMILES string of the molecule is CCNNC(=O)C(=O)O. The van der Waals surface area contributed by atoms with Gasteiger partial charge in [-0.2, -0.15) is 0 Å². The molecule has 0 spiro atoms. The molecule has 3 N–H and O–H groups in total. The molecule has 0 aliphatic rings. The number of carboxylic acid groups (broad SMARTS) is 1. The van der Waals surface area contributed by atoms with E-state index >= 15 is 0 Å². The summed E-state index contributed by atoms with van der Waals surface area (Å²) in [4.78, 5) is 19.9. The molecule has 0 aromatic carbocycles. The molecule has 0 radical (unpaired) electrons. The first-order chi connectivity index (χ1) is 4.18. The maximum atomic E-state index is 10.1. The minimum atomic E-state index is -1.49. The Morgan fingerprint density at radius 1 is 1.56 bits per heavy atom. The molecule has 0 bridgehead atoms. The molecule has 1 amide bonds. The third kappa shape index (κ3) is 3.48. The van der Waals surface area contributed by atoms with Gasteiger partial charge in [-0.25, -0.2) is 10.2 Å². The van der Waals surface area contributed by atoms with Crippen LogP contribution in [0.1, 0.15) is 6.92 Å². The van der Waals surface area contributed by atoms with Gasteiger partial charge < -0.3 is 5.11 Å². The van der Waals surface area contributed by atoms with Crippen molar-refractivity contribution in [1.82, 2.24) is 10.9 Å². The van der Waals surface area contributed by atoms with Gasteiger partial charge in [0.05, 0.1) is 0 Å². The predicted octanol–water partition coefficient (Wildman–Crippen LogP) is -1.29. The fourth-order valence-corrected chi connectivity index (χ4v) is 0.222. The summed E-state index contributed by atoms with van der Waals surface area (Å²) >= 11 is 0. The number of hydrogen-bond acceptors (Lipinski definition) is 3. The van der Waals surface area contributed by atoms with Gasteiger partial charge in [0, 0.05) is 6.54 Å². The van der Waals surface area contributed by atoms with Crippen molar-refractivity contribution >= 4 is 11.9 Å². The lowest BCUT2D eigenvalue weighted by Crippen LogP contribution is -2.41. The average Bonchev–Trinajstić information content (AvgIpc) is 1.82. The second-order valence-electron chi connectivity index (χ2n) is 1.29. The summed E-state index contributed by atoms with van der Waals surface area (Å²) in [5.41, 5.74) is 4.29. The lowest BCUT2D eigenvalue weighted by molar-refractivity contribution is -0.150. The molecule has 0 aliphatic heterocycles. The molecule has 5 nitrogen and oxygen atoms in total. The lowest BCUT2D eigenvalue weighted by Gasteiger charge is -1.98. The summed E-state index contributed by atoms with van der Waals surface area (Å²) < 4.78 is 0. The fraction of sp³-hybridized carbons (Fsp3) is 0.500. The quantitative estimate of drug-likeness (QED) is 0.322. The number of hydrogen-bond donors (Lipinski definition) is 3. The summed E-state index contributed by atoms with van der Waals surface area (Å²) in [6, 6.07) is 0. The van der Waals surface area contributed by atoms with Crippen molar-refractivity contribution in [2.24, 2.45) is 0 Å². The molecule has 0 aromatic rings. The Bertz CT molecular complexity index is 123. The number of amides is 1. The summed E-state index contributed by atoms with van der Waals surface area (Å²) in [7, 11) is 0. The number of nitrogens with one attached hydrogen (secondary N) is 2. The van der Waals surface area contributed by atoms with E-state index in [2.05, 4.69) is 5.43 Å². The van der Waals surface area contributed by atoms with Crippen LogP contribution in [0.3, 0.4) is 0 Å². The average molecular weight is 132 g/mol. The number of carbonyl (C=O) groups is 2. The molecular weight excluding hydrogens is 124 g/mol. The standard InChI is InChI=1S/C4H8N2O3/c1-2-5-6-3(7)4(8)9/h5H,2H2,1H3,(H,6,7)(H,8,9). The van der Waals surface area contributed by atoms with E-state index in [9.17, 15) is 9.59 Å². The van der Waals surface area contributed by atoms with Crippen molar-refractivity contribution in [2.75, 3.05) is 6.54 Å². The molecule has 0 saturated heterocycles. The van der Waals surface area contributed by atoms with Gasteiger partial charge in [0.15, 0.2) is 0 Å². The van der Waals surface area contributed by atoms with Gasteiger partial charge in [-0.05, 0) is 0 Å². The monoisotopic (exact) mass is 132 g/mol. The smallest absolute Gasteiger partial charge is 0.395 e. The molecule has 0 saturated carbocycles. The Hall–Kier alpha value is -1.10. The normalized spacial score (nSPS) is 8.56. The van der Waals surface area contributed by atoms with Crippen LogP contribution in [0, 0.1) is 0 Å². The van der Waals surface area contributed by atoms with Crippen molar-refractivity contribution in [2.45, 2.75) is 6.92 Å². The highest BCUT2D eigenvalue weighted by Gasteiger charge is 2.07. The van der Waals surface area contributed by atoms with E-state index in [0.29, 0.717) is 6.54 Å². The van der Waals surface area contributed by atoms with E-state index in [1.165, 1.54) is 0 Å². The molecule has 0 unspecified atom stereocenters. The zero-order valence-corrected chi connectivity index (χ0v) is 4.97. The number of aliphatic carboxylic acids is 1. The van der Waals surface area contributed by atoms with E-state index in [4.69, 9.17) is 5.11 Å². The van der Waals surface area contributed by atoms with Gasteiger partial charge in [0.1, 0.15) is 0 Å². The molecule has 9 heavy (non-hydrogen) atoms. The van der Waals surface area contributed by atoms with Crippen molar-refractivity contribution in [3.8, 4) is 0 Å². The van der Waals surface area contributed by atoms with Crippen LogP contribution in [0.15, 0.2) is 0 Å². The van der Waals surface area contributed by atoms with E-state index < -0.39 is 11.9 Å². The van der Waals surface area contributed by atoms with E-state index in [1.807, 2.05) is 5.43 Å². The van der Waals surface area contributed by atoms with Crippen molar-refractivity contribution < 1.29 is 14.7 Å². The van der Waals surface area contributed by atoms with Crippen molar-refractivity contribution in [3.05, 3.63) is 0 Å². The molecule has 52 valence electrons. The van der Waals surface area contributed by atoms with Crippen LogP contribution in [-0.2, 0) is 9.59 Å². The second kappa shape index (κ2) is 3.85. The van der Waals surface area contributed by atoms with Crippen LogP contribution < -0.4 is 10.9 Å². The Labute approximate surface area is 52.0 Å². The van der Waals surface area contributed by atoms with Crippen molar-refractivity contribution in [3.63, 3.8) is 0 Å². The highest BCUT2D eigenvalue weighted by Crippen LogP contribution is 1.60. The van der Waals surface area contributed by atoms with Crippen LogP contribution in [0.25, 0.3) is 0 Å².